The molecule has 0 bridgehead atoms. The highest BCUT2D eigenvalue weighted by atomic mass is 16.2. The molecule has 2 rings (SSSR count). The molecule has 0 aliphatic carbocycles. The SMILES string of the molecule is CCN(CC)C(=O)c1ccc(Nc2ccc(C#N)nn2)cc1. The highest BCUT2D eigenvalue weighted by Gasteiger charge is 2.11. The number of carbonyl (C=O) groups is 1. The fourth-order valence-electron chi connectivity index (χ4n) is 2.00. The van der Waals surface area contributed by atoms with Gasteiger partial charge in [0, 0.05) is 24.3 Å². The molecule has 6 nitrogen and oxygen atoms in total. The van der Waals surface area contributed by atoms with Crippen LogP contribution in [0.2, 0.25) is 0 Å². The number of hydrogen-bond acceptors (Lipinski definition) is 5. The van der Waals surface area contributed by atoms with Crippen molar-refractivity contribution >= 4 is 17.4 Å². The molecule has 0 aliphatic rings. The Morgan fingerprint density at radius 2 is 1.82 bits per heavy atom. The Labute approximate surface area is 129 Å². The number of nitriles is 1. The molecule has 0 aliphatic heterocycles. The topological polar surface area (TPSA) is 81.9 Å². The van der Waals surface area contributed by atoms with Crippen LogP contribution in [0.25, 0.3) is 0 Å². The summed E-state index contributed by atoms with van der Waals surface area (Å²) < 4.78 is 0. The van der Waals surface area contributed by atoms with Gasteiger partial charge in [-0.3, -0.25) is 4.79 Å². The molecule has 0 atom stereocenters. The number of hydrogen-bond donors (Lipinski definition) is 1. The van der Waals surface area contributed by atoms with E-state index in [1.807, 2.05) is 32.0 Å². The summed E-state index contributed by atoms with van der Waals surface area (Å²) >= 11 is 0. The predicted octanol–water partition coefficient (Wildman–Crippen LogP) is 2.57. The first-order valence-corrected chi connectivity index (χ1v) is 7.08. The number of nitrogens with one attached hydrogen (secondary N) is 1. The van der Waals surface area contributed by atoms with E-state index in [9.17, 15) is 4.79 Å². The monoisotopic (exact) mass is 295 g/mol. The molecular formula is C16H17N5O. The zero-order chi connectivity index (χ0) is 15.9. The van der Waals surface area contributed by atoms with E-state index in [4.69, 9.17) is 5.26 Å². The molecule has 1 aromatic carbocycles. The maximum absolute atomic E-state index is 12.2. The molecule has 0 spiro atoms. The maximum atomic E-state index is 12.2. The third-order valence-electron chi connectivity index (χ3n) is 3.23. The van der Waals surface area contributed by atoms with E-state index in [0.717, 1.165) is 5.69 Å². The lowest BCUT2D eigenvalue weighted by atomic mass is 10.2. The molecule has 112 valence electrons. The molecule has 0 fully saturated rings. The number of amides is 1. The van der Waals surface area contributed by atoms with E-state index >= 15 is 0 Å². The van der Waals surface area contributed by atoms with Crippen LogP contribution < -0.4 is 5.32 Å². The Morgan fingerprint density at radius 3 is 2.32 bits per heavy atom. The summed E-state index contributed by atoms with van der Waals surface area (Å²) in [6, 6.07) is 12.4. The lowest BCUT2D eigenvalue weighted by Crippen LogP contribution is -2.30. The molecule has 0 saturated carbocycles. The molecule has 0 saturated heterocycles. The van der Waals surface area contributed by atoms with Gasteiger partial charge in [-0.2, -0.15) is 5.26 Å². The Balaban J connectivity index is 2.08. The van der Waals surface area contributed by atoms with E-state index < -0.39 is 0 Å². The van der Waals surface area contributed by atoms with Crippen molar-refractivity contribution in [2.75, 3.05) is 18.4 Å². The Morgan fingerprint density at radius 1 is 1.14 bits per heavy atom. The molecule has 1 N–H and O–H groups in total. The van der Waals surface area contributed by atoms with Crippen LogP contribution in [-0.2, 0) is 0 Å². The summed E-state index contributed by atoms with van der Waals surface area (Å²) in [7, 11) is 0. The maximum Gasteiger partial charge on any atom is 0.253 e. The lowest BCUT2D eigenvalue weighted by Gasteiger charge is -2.18. The largest absolute Gasteiger partial charge is 0.339 e. The third kappa shape index (κ3) is 3.58. The molecule has 6 heteroatoms. The van der Waals surface area contributed by atoms with Crippen LogP contribution in [0.4, 0.5) is 11.5 Å². The molecule has 0 radical (unpaired) electrons. The lowest BCUT2D eigenvalue weighted by molar-refractivity contribution is 0.0773. The van der Waals surface area contributed by atoms with Gasteiger partial charge in [0.2, 0.25) is 0 Å². The van der Waals surface area contributed by atoms with Crippen molar-refractivity contribution in [2.24, 2.45) is 0 Å². The molecular weight excluding hydrogens is 278 g/mol. The normalized spacial score (nSPS) is 9.86. The standard InChI is InChI=1S/C16H17N5O/c1-3-21(4-2)16(22)12-5-7-13(8-6-12)18-15-10-9-14(11-17)19-20-15/h5-10H,3-4H2,1-2H3,(H,18,20). The van der Waals surface area contributed by atoms with Crippen LogP contribution in [0.15, 0.2) is 36.4 Å². The highest BCUT2D eigenvalue weighted by molar-refractivity contribution is 5.94. The summed E-state index contributed by atoms with van der Waals surface area (Å²) in [5.74, 6) is 0.566. The van der Waals surface area contributed by atoms with E-state index in [0.29, 0.717) is 24.5 Å². The van der Waals surface area contributed by atoms with E-state index in [-0.39, 0.29) is 11.6 Å². The quantitative estimate of drug-likeness (QED) is 0.916. The van der Waals surface area contributed by atoms with Gasteiger partial charge in [0.1, 0.15) is 6.07 Å². The first-order chi connectivity index (χ1) is 10.7. The second-order valence-corrected chi connectivity index (χ2v) is 4.60. The summed E-state index contributed by atoms with van der Waals surface area (Å²) in [5.41, 5.74) is 1.72. The summed E-state index contributed by atoms with van der Waals surface area (Å²) in [5, 5.41) is 19.4. The van der Waals surface area contributed by atoms with Crippen LogP contribution in [0, 0.1) is 11.3 Å². The first-order valence-electron chi connectivity index (χ1n) is 7.08. The fraction of sp³-hybridized carbons (Fsp3) is 0.250. The Hall–Kier alpha value is -2.94. The van der Waals surface area contributed by atoms with E-state index in [1.54, 1.807) is 29.2 Å². The van der Waals surface area contributed by atoms with Crippen molar-refractivity contribution in [2.45, 2.75) is 13.8 Å². The van der Waals surface area contributed by atoms with Crippen molar-refractivity contribution in [1.82, 2.24) is 15.1 Å². The zero-order valence-electron chi connectivity index (χ0n) is 12.6. The van der Waals surface area contributed by atoms with Gasteiger partial charge in [-0.15, -0.1) is 10.2 Å². The van der Waals surface area contributed by atoms with E-state index in [1.165, 1.54) is 0 Å². The minimum atomic E-state index is 0.0229. The van der Waals surface area contributed by atoms with Crippen LogP contribution in [-0.4, -0.2) is 34.1 Å². The zero-order valence-corrected chi connectivity index (χ0v) is 12.6. The van der Waals surface area contributed by atoms with Gasteiger partial charge in [-0.05, 0) is 50.2 Å². The Kier molecular flexibility index (Phi) is 5.04. The van der Waals surface area contributed by atoms with Crippen LogP contribution in [0.3, 0.4) is 0 Å². The van der Waals surface area contributed by atoms with Gasteiger partial charge in [0.05, 0.1) is 0 Å². The summed E-state index contributed by atoms with van der Waals surface area (Å²) in [4.78, 5) is 14.0. The van der Waals surface area contributed by atoms with Gasteiger partial charge >= 0.3 is 0 Å². The average Bonchev–Trinajstić information content (AvgIpc) is 2.57. The molecule has 2 aromatic rings. The van der Waals surface area contributed by atoms with Gasteiger partial charge in [-0.25, -0.2) is 0 Å². The van der Waals surface area contributed by atoms with Gasteiger partial charge in [0.25, 0.3) is 5.91 Å². The number of rotatable bonds is 5. The minimum Gasteiger partial charge on any atom is -0.339 e. The predicted molar refractivity (Wildman–Crippen MR) is 83.7 cm³/mol. The highest BCUT2D eigenvalue weighted by Crippen LogP contribution is 2.15. The van der Waals surface area contributed by atoms with Crippen LogP contribution in [0.5, 0.6) is 0 Å². The molecule has 0 unspecified atom stereocenters. The number of benzene rings is 1. The van der Waals surface area contributed by atoms with Crippen LogP contribution >= 0.6 is 0 Å². The second kappa shape index (κ2) is 7.18. The summed E-state index contributed by atoms with van der Waals surface area (Å²) in [6.45, 7) is 5.30. The van der Waals surface area contributed by atoms with Crippen molar-refractivity contribution in [3.8, 4) is 6.07 Å². The van der Waals surface area contributed by atoms with Crippen molar-refractivity contribution < 1.29 is 4.79 Å². The fourth-order valence-corrected chi connectivity index (χ4v) is 2.00. The molecule has 1 amide bonds. The van der Waals surface area contributed by atoms with Crippen molar-refractivity contribution in [3.63, 3.8) is 0 Å². The third-order valence-corrected chi connectivity index (χ3v) is 3.23. The first kappa shape index (κ1) is 15.4. The van der Waals surface area contributed by atoms with Gasteiger partial charge < -0.3 is 10.2 Å². The van der Waals surface area contributed by atoms with E-state index in [2.05, 4.69) is 15.5 Å². The van der Waals surface area contributed by atoms with Crippen molar-refractivity contribution in [3.05, 3.63) is 47.7 Å². The summed E-state index contributed by atoms with van der Waals surface area (Å²) in [6.07, 6.45) is 0. The van der Waals surface area contributed by atoms with Gasteiger partial charge in [0.15, 0.2) is 11.5 Å². The number of nitrogens with zero attached hydrogens (tertiary/aromatic N) is 4. The number of aromatic nitrogens is 2. The van der Waals surface area contributed by atoms with Crippen LogP contribution in [0.1, 0.15) is 29.9 Å². The minimum absolute atomic E-state index is 0.0229. The average molecular weight is 295 g/mol. The van der Waals surface area contributed by atoms with Crippen molar-refractivity contribution in [1.29, 1.82) is 5.26 Å². The smallest absolute Gasteiger partial charge is 0.253 e. The molecule has 22 heavy (non-hydrogen) atoms. The molecule has 1 aromatic heterocycles. The molecule has 1 heterocycles. The second-order valence-electron chi connectivity index (χ2n) is 4.60. The number of carbonyl (C=O) groups excluding carboxylic acids is 1. The Bertz CT molecular complexity index is 669. The van der Waals surface area contributed by atoms with Gasteiger partial charge in [-0.1, -0.05) is 0 Å². The number of anilines is 2.